The van der Waals surface area contributed by atoms with Crippen molar-refractivity contribution in [1.82, 2.24) is 9.88 Å². The summed E-state index contributed by atoms with van der Waals surface area (Å²) >= 11 is 1.28. The Bertz CT molecular complexity index is 1180. The molecule has 1 heterocycles. The highest BCUT2D eigenvalue weighted by Crippen LogP contribution is 2.33. The van der Waals surface area contributed by atoms with E-state index < -0.39 is 27.1 Å². The van der Waals surface area contributed by atoms with Crippen molar-refractivity contribution in [1.29, 1.82) is 0 Å². The number of benzene rings is 2. The summed E-state index contributed by atoms with van der Waals surface area (Å²) in [6, 6.07) is 8.38. The molecule has 0 fully saturated rings. The fraction of sp³-hybridized carbons (Fsp3) is 0.364. The summed E-state index contributed by atoms with van der Waals surface area (Å²) in [6.07, 6.45) is 0. The number of anilines is 1. The van der Waals surface area contributed by atoms with Crippen LogP contribution in [0.25, 0.3) is 10.2 Å². The van der Waals surface area contributed by atoms with Gasteiger partial charge in [-0.1, -0.05) is 25.2 Å². The lowest BCUT2D eigenvalue weighted by Gasteiger charge is -2.24. The molecule has 11 nitrogen and oxygen atoms in total. The van der Waals surface area contributed by atoms with Gasteiger partial charge in [0.1, 0.15) is 5.75 Å². The van der Waals surface area contributed by atoms with Gasteiger partial charge in [0, 0.05) is 25.2 Å². The SMILES string of the molecule is CCOc1ccc2nc(N(CCN(CC)CC)C(=O)c3cc([N+](=O)[O-])cc([N+](=O)[O-])c3)sc2c1.Cl. The molecule has 35 heavy (non-hydrogen) atoms. The highest BCUT2D eigenvalue weighted by Gasteiger charge is 2.26. The summed E-state index contributed by atoms with van der Waals surface area (Å²) in [5.41, 5.74) is -0.511. The summed E-state index contributed by atoms with van der Waals surface area (Å²) in [5, 5.41) is 23.0. The molecule has 0 saturated heterocycles. The molecular weight excluding hydrogens is 498 g/mol. The van der Waals surface area contributed by atoms with Crippen LogP contribution in [0.1, 0.15) is 31.1 Å². The van der Waals surface area contributed by atoms with Crippen molar-refractivity contribution in [3.8, 4) is 5.75 Å². The van der Waals surface area contributed by atoms with E-state index in [1.54, 1.807) is 12.1 Å². The standard InChI is InChI=1S/C22H25N5O6S.ClH/c1-4-24(5-2)9-10-25(22-23-19-8-7-18(33-6-3)14-20(19)34-22)21(28)15-11-16(26(29)30)13-17(12-15)27(31)32;/h7-8,11-14H,4-6,9-10H2,1-3H3;1H. The van der Waals surface area contributed by atoms with Gasteiger partial charge in [-0.25, -0.2) is 4.98 Å². The molecule has 2 aromatic carbocycles. The topological polar surface area (TPSA) is 132 Å². The van der Waals surface area contributed by atoms with Crippen LogP contribution in [0.2, 0.25) is 0 Å². The van der Waals surface area contributed by atoms with Gasteiger partial charge in [-0.05, 0) is 38.2 Å². The molecule has 0 atom stereocenters. The van der Waals surface area contributed by atoms with Crippen LogP contribution in [-0.2, 0) is 0 Å². The zero-order valence-corrected chi connectivity index (χ0v) is 21.1. The minimum absolute atomic E-state index is 0. The van der Waals surface area contributed by atoms with Gasteiger partial charge in [0.15, 0.2) is 5.13 Å². The minimum atomic E-state index is -0.753. The highest BCUT2D eigenvalue weighted by atomic mass is 35.5. The van der Waals surface area contributed by atoms with Crippen molar-refractivity contribution < 1.29 is 19.4 Å². The van der Waals surface area contributed by atoms with Crippen molar-refractivity contribution in [2.45, 2.75) is 20.8 Å². The number of likely N-dealkylation sites (N-methyl/N-ethyl adjacent to an activating group) is 1. The Balaban J connectivity index is 0.00000432. The number of rotatable bonds is 11. The van der Waals surface area contributed by atoms with Crippen molar-refractivity contribution in [2.75, 3.05) is 37.7 Å². The molecule has 0 aliphatic heterocycles. The average Bonchev–Trinajstić information content (AvgIpc) is 3.24. The molecule has 0 unspecified atom stereocenters. The van der Waals surface area contributed by atoms with E-state index in [0.29, 0.717) is 29.5 Å². The maximum atomic E-state index is 13.5. The number of ether oxygens (including phenoxy) is 1. The smallest absolute Gasteiger partial charge is 0.277 e. The molecule has 0 N–H and O–H groups in total. The van der Waals surface area contributed by atoms with E-state index >= 15 is 0 Å². The maximum Gasteiger partial charge on any atom is 0.277 e. The first-order chi connectivity index (χ1) is 16.3. The van der Waals surface area contributed by atoms with Gasteiger partial charge >= 0.3 is 0 Å². The van der Waals surface area contributed by atoms with Gasteiger partial charge in [-0.2, -0.15) is 0 Å². The van der Waals surface area contributed by atoms with Crippen LogP contribution in [0.4, 0.5) is 16.5 Å². The fourth-order valence-corrected chi connectivity index (χ4v) is 4.43. The van der Waals surface area contributed by atoms with Gasteiger partial charge < -0.3 is 9.64 Å². The third-order valence-electron chi connectivity index (χ3n) is 5.24. The molecule has 0 bridgehead atoms. The molecule has 0 spiro atoms. The van der Waals surface area contributed by atoms with Crippen LogP contribution in [0.15, 0.2) is 36.4 Å². The molecule has 0 radical (unpaired) electrons. The monoisotopic (exact) mass is 523 g/mol. The number of nitrogens with zero attached hydrogens (tertiary/aromatic N) is 5. The number of amides is 1. The summed E-state index contributed by atoms with van der Waals surface area (Å²) < 4.78 is 6.36. The maximum absolute atomic E-state index is 13.5. The quantitative estimate of drug-likeness (QED) is 0.255. The van der Waals surface area contributed by atoms with Crippen LogP contribution >= 0.6 is 23.7 Å². The van der Waals surface area contributed by atoms with Crippen molar-refractivity contribution in [3.05, 3.63) is 62.2 Å². The van der Waals surface area contributed by atoms with Gasteiger partial charge in [0.05, 0.1) is 38.3 Å². The molecule has 0 aliphatic carbocycles. The van der Waals surface area contributed by atoms with Crippen molar-refractivity contribution >= 4 is 56.4 Å². The Morgan fingerprint density at radius 2 is 1.63 bits per heavy atom. The third kappa shape index (κ3) is 6.62. The summed E-state index contributed by atoms with van der Waals surface area (Å²) in [7, 11) is 0. The van der Waals surface area contributed by atoms with E-state index in [9.17, 15) is 25.0 Å². The summed E-state index contributed by atoms with van der Waals surface area (Å²) in [4.78, 5) is 42.8. The largest absolute Gasteiger partial charge is 0.494 e. The Hall–Kier alpha value is -3.35. The second kappa shape index (κ2) is 12.4. The molecule has 1 amide bonds. The molecule has 0 aliphatic rings. The first-order valence-corrected chi connectivity index (χ1v) is 11.6. The lowest BCUT2D eigenvalue weighted by Crippen LogP contribution is -2.38. The number of hydrogen-bond acceptors (Lipinski definition) is 9. The summed E-state index contributed by atoms with van der Waals surface area (Å²) in [5.74, 6) is 0.0866. The van der Waals surface area contributed by atoms with E-state index in [4.69, 9.17) is 4.74 Å². The lowest BCUT2D eigenvalue weighted by molar-refractivity contribution is -0.394. The van der Waals surface area contributed by atoms with Crippen LogP contribution < -0.4 is 9.64 Å². The van der Waals surface area contributed by atoms with Crippen LogP contribution in [0.5, 0.6) is 5.75 Å². The predicted octanol–water partition coefficient (Wildman–Crippen LogP) is 4.92. The predicted molar refractivity (Wildman–Crippen MR) is 137 cm³/mol. The Kier molecular flexibility index (Phi) is 9.87. The number of thiazole rings is 1. The summed E-state index contributed by atoms with van der Waals surface area (Å²) in [6.45, 7) is 8.76. The van der Waals surface area contributed by atoms with Gasteiger partial charge in [-0.15, -0.1) is 12.4 Å². The van der Waals surface area contributed by atoms with Crippen LogP contribution in [-0.4, -0.2) is 58.4 Å². The highest BCUT2D eigenvalue weighted by molar-refractivity contribution is 7.22. The number of nitro groups is 2. The number of fused-ring (bicyclic) bond motifs is 1. The number of non-ortho nitro benzene ring substituents is 2. The molecule has 3 aromatic rings. The first kappa shape index (κ1) is 27.9. The molecule has 0 saturated carbocycles. The zero-order valence-electron chi connectivity index (χ0n) is 19.5. The second-order valence-corrected chi connectivity index (χ2v) is 8.30. The molecule has 188 valence electrons. The number of hydrogen-bond donors (Lipinski definition) is 0. The Labute approximate surface area is 212 Å². The Morgan fingerprint density at radius 1 is 1.00 bits per heavy atom. The third-order valence-corrected chi connectivity index (χ3v) is 6.28. The zero-order chi connectivity index (χ0) is 24.8. The van der Waals surface area contributed by atoms with Crippen LogP contribution in [0, 0.1) is 20.2 Å². The van der Waals surface area contributed by atoms with E-state index in [2.05, 4.69) is 9.88 Å². The number of aromatic nitrogens is 1. The molecule has 3 rings (SSSR count). The van der Waals surface area contributed by atoms with Gasteiger partial charge in [0.25, 0.3) is 17.3 Å². The van der Waals surface area contributed by atoms with Gasteiger partial charge in [0.2, 0.25) is 0 Å². The minimum Gasteiger partial charge on any atom is -0.494 e. The number of carbonyl (C=O) groups is 1. The molecule has 13 heteroatoms. The van der Waals surface area contributed by atoms with E-state index in [0.717, 1.165) is 36.0 Å². The van der Waals surface area contributed by atoms with E-state index in [-0.39, 0.29) is 24.5 Å². The average molecular weight is 524 g/mol. The van der Waals surface area contributed by atoms with Crippen LogP contribution in [0.3, 0.4) is 0 Å². The molecular formula is C22H26ClN5O6S. The fourth-order valence-electron chi connectivity index (χ4n) is 3.42. The first-order valence-electron chi connectivity index (χ1n) is 10.8. The number of halogens is 1. The van der Waals surface area contributed by atoms with E-state index in [1.807, 2.05) is 26.8 Å². The van der Waals surface area contributed by atoms with E-state index in [1.165, 1.54) is 16.2 Å². The second-order valence-electron chi connectivity index (χ2n) is 7.29. The Morgan fingerprint density at radius 3 is 2.17 bits per heavy atom. The lowest BCUT2D eigenvalue weighted by atomic mass is 10.1. The number of carbonyl (C=O) groups excluding carboxylic acids is 1. The number of nitro benzene ring substituents is 2. The normalized spacial score (nSPS) is 10.7. The van der Waals surface area contributed by atoms with Crippen molar-refractivity contribution in [2.24, 2.45) is 0 Å². The van der Waals surface area contributed by atoms with Gasteiger partial charge in [-0.3, -0.25) is 29.9 Å². The molecule has 1 aromatic heterocycles. The van der Waals surface area contributed by atoms with Crippen molar-refractivity contribution in [3.63, 3.8) is 0 Å².